The minimum absolute atomic E-state index is 0. The topological polar surface area (TPSA) is 141 Å². The number of hydrogen-bond donors (Lipinski definition) is 2. The number of methoxy groups -OCH3 is 1. The first-order chi connectivity index (χ1) is 7.79. The van der Waals surface area contributed by atoms with Crippen LogP contribution in [0.3, 0.4) is 0 Å². The molecule has 0 amide bonds. The molecule has 0 aliphatic carbocycles. The van der Waals surface area contributed by atoms with Gasteiger partial charge in [-0.05, 0) is 6.42 Å². The monoisotopic (exact) mass is 272 g/mol. The minimum atomic E-state index is -1.24. The molecule has 0 aromatic carbocycles. The molecule has 0 aliphatic heterocycles. The zero-order valence-electron chi connectivity index (χ0n) is 10.2. The van der Waals surface area contributed by atoms with Gasteiger partial charge in [0.15, 0.2) is 0 Å². The Kier molecular flexibility index (Phi) is 17.1. The first kappa shape index (κ1) is 22.1. The van der Waals surface area contributed by atoms with E-state index in [2.05, 4.69) is 4.74 Å². The van der Waals surface area contributed by atoms with Gasteiger partial charge in [0, 0.05) is 5.97 Å². The van der Waals surface area contributed by atoms with Gasteiger partial charge >= 0.3 is 47.5 Å². The van der Waals surface area contributed by atoms with Gasteiger partial charge in [-0.1, -0.05) is 0 Å². The fourth-order valence-corrected chi connectivity index (χ4v) is 0.520. The van der Waals surface area contributed by atoms with Gasteiger partial charge in [-0.25, -0.2) is 0 Å². The molecule has 0 saturated heterocycles. The average molecular weight is 272 g/mol. The zero-order valence-corrected chi connectivity index (χ0v) is 12.2. The van der Waals surface area contributed by atoms with E-state index >= 15 is 0 Å². The summed E-state index contributed by atoms with van der Waals surface area (Å²) in [6.07, 6.45) is -0.976. The maximum absolute atomic E-state index is 10.2. The summed E-state index contributed by atoms with van der Waals surface area (Å²) < 4.78 is 4.17. The van der Waals surface area contributed by atoms with Gasteiger partial charge in [-0.15, -0.1) is 0 Å². The van der Waals surface area contributed by atoms with E-state index in [0.29, 0.717) is 0 Å². The van der Waals surface area contributed by atoms with Gasteiger partial charge in [0.2, 0.25) is 0 Å². The molecule has 0 atom stereocenters. The van der Waals surface area contributed by atoms with Crippen molar-refractivity contribution in [1.29, 1.82) is 0 Å². The van der Waals surface area contributed by atoms with Crippen LogP contribution in [0.2, 0.25) is 0 Å². The first-order valence-electron chi connectivity index (χ1n) is 4.49. The fourth-order valence-electron chi connectivity index (χ4n) is 0.520. The third-order valence-electron chi connectivity index (χ3n) is 1.31. The molecule has 0 unspecified atom stereocenters. The van der Waals surface area contributed by atoms with E-state index in [0.717, 1.165) is 0 Å². The Morgan fingerprint density at radius 2 is 1.33 bits per heavy atom. The predicted molar refractivity (Wildman–Crippen MR) is 50.8 cm³/mol. The van der Waals surface area contributed by atoms with Crippen molar-refractivity contribution in [1.82, 2.24) is 0 Å². The van der Waals surface area contributed by atoms with E-state index < -0.39 is 23.9 Å². The van der Waals surface area contributed by atoms with Crippen LogP contribution in [-0.4, -0.2) is 41.2 Å². The van der Waals surface area contributed by atoms with Crippen LogP contribution in [0.4, 0.5) is 0 Å². The Labute approximate surface area is 125 Å². The van der Waals surface area contributed by atoms with E-state index in [-0.39, 0.29) is 55.2 Å². The Balaban J connectivity index is -0.000000238. The molecule has 98 valence electrons. The summed E-state index contributed by atoms with van der Waals surface area (Å²) in [5.41, 5.74) is 0. The number of carbonyl (C=O) groups excluding carboxylic acids is 2. The van der Waals surface area contributed by atoms with E-state index in [1.165, 1.54) is 7.11 Å². The van der Waals surface area contributed by atoms with Gasteiger partial charge in [-0.2, -0.15) is 0 Å². The maximum Gasteiger partial charge on any atom is 1.00 e. The largest absolute Gasteiger partial charge is 1.00 e. The molecular weight excluding hydrogens is 259 g/mol. The van der Waals surface area contributed by atoms with Crippen molar-refractivity contribution in [3.63, 3.8) is 0 Å². The van der Waals surface area contributed by atoms with Crippen molar-refractivity contribution in [2.75, 3.05) is 7.11 Å². The summed E-state index contributed by atoms with van der Waals surface area (Å²) in [5, 5.41) is 25.5. The van der Waals surface area contributed by atoms with E-state index in [1.54, 1.807) is 0 Å². The Morgan fingerprint density at radius 1 is 0.944 bits per heavy atom. The number of carboxylic acids is 3. The van der Waals surface area contributed by atoms with Gasteiger partial charge in [0.25, 0.3) is 0 Å². The standard InChI is InChI=1S/C5H8O4.C4H6O4.Na/c1-9-5(8)3-2-4(6)7;5-3(6)1-2-4(7)8;/h2-3H2,1H3,(H,6,7);1-2H2,(H,5,6)(H,7,8);/q;;+1/p-1. The summed E-state index contributed by atoms with van der Waals surface area (Å²) >= 11 is 0. The maximum atomic E-state index is 10.2. The van der Waals surface area contributed by atoms with Crippen LogP contribution in [-0.2, 0) is 23.9 Å². The van der Waals surface area contributed by atoms with Crippen molar-refractivity contribution in [3.8, 4) is 0 Å². The SMILES string of the molecule is COC(=O)CCC(=O)[O-].O=C(O)CCC(=O)O.[Na+]. The minimum Gasteiger partial charge on any atom is -0.550 e. The van der Waals surface area contributed by atoms with Crippen molar-refractivity contribution >= 4 is 23.9 Å². The van der Waals surface area contributed by atoms with Gasteiger partial charge in [0.05, 0.1) is 26.4 Å². The van der Waals surface area contributed by atoms with Crippen LogP contribution in [0.1, 0.15) is 25.7 Å². The second-order valence-corrected chi connectivity index (χ2v) is 2.74. The Hall–Kier alpha value is -1.12. The molecule has 0 spiro atoms. The van der Waals surface area contributed by atoms with Gasteiger partial charge < -0.3 is 24.9 Å². The van der Waals surface area contributed by atoms with E-state index in [1.807, 2.05) is 0 Å². The van der Waals surface area contributed by atoms with Crippen molar-refractivity contribution in [2.45, 2.75) is 25.7 Å². The number of carboxylic acid groups (broad SMARTS) is 3. The number of rotatable bonds is 6. The zero-order chi connectivity index (χ0) is 13.8. The molecule has 8 nitrogen and oxygen atoms in total. The van der Waals surface area contributed by atoms with Crippen LogP contribution in [0.5, 0.6) is 0 Å². The number of aliphatic carboxylic acids is 3. The number of carbonyl (C=O) groups is 4. The Morgan fingerprint density at radius 3 is 1.56 bits per heavy atom. The molecular formula is C9H13NaO8. The third-order valence-corrected chi connectivity index (χ3v) is 1.31. The van der Waals surface area contributed by atoms with Crippen molar-refractivity contribution in [2.24, 2.45) is 0 Å². The summed E-state index contributed by atoms with van der Waals surface area (Å²) in [7, 11) is 1.21. The summed E-state index contributed by atoms with van der Waals surface area (Å²) in [6.45, 7) is 0. The molecule has 0 aromatic heterocycles. The van der Waals surface area contributed by atoms with Crippen LogP contribution in [0.15, 0.2) is 0 Å². The van der Waals surface area contributed by atoms with Gasteiger partial charge in [-0.3, -0.25) is 14.4 Å². The third kappa shape index (κ3) is 24.2. The van der Waals surface area contributed by atoms with Crippen LogP contribution < -0.4 is 34.7 Å². The summed E-state index contributed by atoms with van der Waals surface area (Å²) in [4.78, 5) is 39.2. The normalized spacial score (nSPS) is 8.06. The predicted octanol–water partition coefficient (Wildman–Crippen LogP) is -4.37. The second kappa shape index (κ2) is 13.9. The fraction of sp³-hybridized carbons (Fsp3) is 0.556. The molecule has 0 radical (unpaired) electrons. The molecule has 18 heavy (non-hydrogen) atoms. The molecule has 0 heterocycles. The van der Waals surface area contributed by atoms with Crippen molar-refractivity contribution in [3.05, 3.63) is 0 Å². The van der Waals surface area contributed by atoms with Crippen LogP contribution in [0, 0.1) is 0 Å². The van der Waals surface area contributed by atoms with Crippen LogP contribution >= 0.6 is 0 Å². The van der Waals surface area contributed by atoms with E-state index in [9.17, 15) is 24.3 Å². The number of hydrogen-bond acceptors (Lipinski definition) is 6. The van der Waals surface area contributed by atoms with E-state index in [4.69, 9.17) is 10.2 Å². The smallest absolute Gasteiger partial charge is 0.550 e. The molecule has 0 aromatic rings. The molecule has 0 aliphatic rings. The molecule has 0 fully saturated rings. The quantitative estimate of drug-likeness (QED) is 0.365. The van der Waals surface area contributed by atoms with Gasteiger partial charge in [0.1, 0.15) is 0 Å². The number of esters is 1. The van der Waals surface area contributed by atoms with Crippen LogP contribution in [0.25, 0.3) is 0 Å². The molecule has 0 bridgehead atoms. The summed E-state index contributed by atoms with van der Waals surface area (Å²) in [5.74, 6) is -3.92. The molecule has 0 rings (SSSR count). The molecule has 2 N–H and O–H groups in total. The summed E-state index contributed by atoms with van der Waals surface area (Å²) in [6, 6.07) is 0. The second-order valence-electron chi connectivity index (χ2n) is 2.74. The molecule has 0 saturated carbocycles. The van der Waals surface area contributed by atoms with Crippen molar-refractivity contribution < 1.29 is 68.8 Å². The average Bonchev–Trinajstić information content (AvgIpc) is 2.23. The number of ether oxygens (including phenoxy) is 1. The molecule has 9 heteroatoms. The first-order valence-corrected chi connectivity index (χ1v) is 4.49. The Bertz CT molecular complexity index is 274.